The van der Waals surface area contributed by atoms with E-state index >= 15 is 0 Å². The van der Waals surface area contributed by atoms with Crippen LogP contribution >= 0.6 is 0 Å². The molecule has 0 spiro atoms. The van der Waals surface area contributed by atoms with E-state index in [0.29, 0.717) is 23.4 Å². The van der Waals surface area contributed by atoms with E-state index in [-0.39, 0.29) is 28.6 Å². The van der Waals surface area contributed by atoms with Gasteiger partial charge in [0.25, 0.3) is 0 Å². The zero-order valence-corrected chi connectivity index (χ0v) is 35.8. The topological polar surface area (TPSA) is 152 Å². The minimum atomic E-state index is -3.56. The number of hydrogen-bond donors (Lipinski definition) is 5. The van der Waals surface area contributed by atoms with E-state index in [0.717, 1.165) is 76.5 Å². The van der Waals surface area contributed by atoms with Crippen molar-refractivity contribution in [2.45, 2.75) is 109 Å². The summed E-state index contributed by atoms with van der Waals surface area (Å²) in [7, 11) is -5.72. The van der Waals surface area contributed by atoms with Gasteiger partial charge in [-0.2, -0.15) is 0 Å². The Labute approximate surface area is 334 Å². The lowest BCUT2D eigenvalue weighted by Gasteiger charge is -2.39. The van der Waals surface area contributed by atoms with Gasteiger partial charge < -0.3 is 30.0 Å². The molecule has 1 fully saturated rings. The summed E-state index contributed by atoms with van der Waals surface area (Å²) in [5, 5.41) is 33.7. The van der Waals surface area contributed by atoms with Gasteiger partial charge in [0.05, 0.1) is 23.7 Å². The Morgan fingerprint density at radius 3 is 2.20 bits per heavy atom. The maximum Gasteiger partial charge on any atom is 0.412 e. The Kier molecular flexibility index (Phi) is 16.2. The molecule has 11 nitrogen and oxygen atoms in total. The number of hydrogen-bond acceptors (Lipinski definition) is 8. The second-order valence-corrected chi connectivity index (χ2v) is 23.1. The first-order valence-corrected chi connectivity index (χ1v) is 24.7. The van der Waals surface area contributed by atoms with Crippen molar-refractivity contribution in [3.63, 3.8) is 0 Å². The predicted molar refractivity (Wildman–Crippen MR) is 226 cm³/mol. The largest absolute Gasteiger partial charge is 0.506 e. The van der Waals surface area contributed by atoms with Gasteiger partial charge >= 0.3 is 6.09 Å². The normalized spacial score (nSPS) is 15.1. The Balaban J connectivity index is 1.15. The third-order valence-corrected chi connectivity index (χ3v) is 16.2. The Bertz CT molecular complexity index is 1850. The van der Waals surface area contributed by atoms with Crippen LogP contribution in [0.1, 0.15) is 90.2 Å². The highest BCUT2D eigenvalue weighted by Gasteiger charge is 2.39. The number of likely N-dealkylation sites (tertiary alicyclic amines) is 1. The Hall–Kier alpha value is -3.69. The first-order valence-electron chi connectivity index (χ1n) is 19.9. The summed E-state index contributed by atoms with van der Waals surface area (Å²) in [4.78, 5) is 16.4. The summed E-state index contributed by atoms with van der Waals surface area (Å²) in [5.41, 5.74) is 2.60. The van der Waals surface area contributed by atoms with Crippen molar-refractivity contribution in [3.8, 4) is 22.6 Å². The minimum Gasteiger partial charge on any atom is -0.506 e. The summed E-state index contributed by atoms with van der Waals surface area (Å²) in [6.45, 7) is 15.0. The summed E-state index contributed by atoms with van der Waals surface area (Å²) < 4.78 is 47.1. The minimum absolute atomic E-state index is 0.00850. The highest BCUT2D eigenvalue weighted by Crippen LogP contribution is 2.41. The smallest absolute Gasteiger partial charge is 0.412 e. The molecular weight excluding hydrogens is 752 g/mol. The number of phenols is 2. The number of carboxylic acid groups (broad SMARTS) is 1. The monoisotopic (exact) mass is 814 g/mol. The fourth-order valence-electron chi connectivity index (χ4n) is 6.96. The number of halogens is 1. The number of rotatable bonds is 20. The van der Waals surface area contributed by atoms with Gasteiger partial charge in [-0.3, -0.25) is 9.62 Å². The van der Waals surface area contributed by atoms with Crippen molar-refractivity contribution in [1.82, 2.24) is 10.2 Å². The van der Waals surface area contributed by atoms with Crippen molar-refractivity contribution < 1.29 is 37.3 Å². The van der Waals surface area contributed by atoms with Crippen LogP contribution in [-0.2, 0) is 14.4 Å². The van der Waals surface area contributed by atoms with Crippen molar-refractivity contribution in [1.29, 1.82) is 0 Å². The molecule has 1 heterocycles. The number of anilines is 2. The molecule has 0 radical (unpaired) electrons. The molecule has 3 aromatic carbocycles. The number of amides is 1. The van der Waals surface area contributed by atoms with Gasteiger partial charge in [-0.05, 0) is 98.4 Å². The molecular formula is C42H63FN4O7SSi. The molecule has 1 atom stereocenters. The molecule has 1 aliphatic rings. The lowest BCUT2D eigenvalue weighted by atomic mass is 9.98. The van der Waals surface area contributed by atoms with Gasteiger partial charge in [0.1, 0.15) is 5.75 Å². The highest BCUT2D eigenvalue weighted by atomic mass is 32.2. The van der Waals surface area contributed by atoms with Crippen molar-refractivity contribution in [2.75, 3.05) is 48.6 Å². The third kappa shape index (κ3) is 13.2. The molecule has 0 aromatic heterocycles. The zero-order chi connectivity index (χ0) is 41.1. The molecule has 56 heavy (non-hydrogen) atoms. The van der Waals surface area contributed by atoms with Gasteiger partial charge in [-0.25, -0.2) is 17.6 Å². The number of aromatic hydroxyl groups is 2. The number of nitrogens with zero attached hydrogens (tertiary/aromatic N) is 2. The number of carbonyl (C=O) groups is 1. The van der Waals surface area contributed by atoms with E-state index in [1.165, 1.54) is 42.4 Å². The molecule has 1 aliphatic heterocycles. The van der Waals surface area contributed by atoms with Crippen LogP contribution in [0.15, 0.2) is 60.7 Å². The molecule has 0 aliphatic carbocycles. The second kappa shape index (κ2) is 20.1. The maximum atomic E-state index is 14.2. The van der Waals surface area contributed by atoms with Crippen LogP contribution < -0.4 is 14.9 Å². The zero-order valence-electron chi connectivity index (χ0n) is 34.0. The maximum absolute atomic E-state index is 14.2. The van der Waals surface area contributed by atoms with Gasteiger partial charge in [-0.15, -0.1) is 0 Å². The van der Waals surface area contributed by atoms with E-state index in [1.54, 1.807) is 42.5 Å². The molecule has 3 aromatic rings. The SMILES string of the molecule is CC(C)(C)[Si](C)(C)O[C@@H](CNCCCCCCCCCN1CCC(N(C(=O)O)c2ccccc2-c2ccc(O)c(F)c2)CC1)c1ccc(O)c(NS(C)(=O)=O)c1. The molecule has 5 N–H and O–H groups in total. The molecule has 0 saturated carbocycles. The summed E-state index contributed by atoms with van der Waals surface area (Å²) in [5.74, 6) is -1.31. The van der Waals surface area contributed by atoms with E-state index in [4.69, 9.17) is 4.43 Å². The molecule has 310 valence electrons. The predicted octanol–water partition coefficient (Wildman–Crippen LogP) is 9.31. The second-order valence-electron chi connectivity index (χ2n) is 16.6. The van der Waals surface area contributed by atoms with E-state index in [1.807, 2.05) is 0 Å². The standard InChI is InChI=1S/C42H63FN4O7SSi/c1-42(2,3)56(5,6)54-40(32-19-21-39(49)36(29-32)45-55(4,52)53)30-44-24-14-10-8-7-9-11-15-25-46-26-22-33(23-27-46)47(41(50)51)37-17-13-12-16-34(37)31-18-20-38(48)35(43)28-31/h12-13,16-21,28-29,33,40,44-45,48-49H,7-11,14-15,22-27,30H2,1-6H3,(H,50,51)/t40-/m0/s1. The third-order valence-electron chi connectivity index (χ3n) is 11.1. The van der Waals surface area contributed by atoms with Crippen LogP contribution in [0.5, 0.6) is 11.5 Å². The highest BCUT2D eigenvalue weighted by molar-refractivity contribution is 7.92. The first-order chi connectivity index (χ1) is 26.4. The quantitative estimate of drug-likeness (QED) is 0.0427. The van der Waals surface area contributed by atoms with Crippen LogP contribution in [0.2, 0.25) is 18.1 Å². The molecule has 1 amide bonds. The van der Waals surface area contributed by atoms with Crippen LogP contribution in [0.25, 0.3) is 11.1 Å². The number of nitrogens with one attached hydrogen (secondary N) is 2. The van der Waals surface area contributed by atoms with Gasteiger partial charge in [-0.1, -0.05) is 83.2 Å². The van der Waals surface area contributed by atoms with E-state index < -0.39 is 36.0 Å². The van der Waals surface area contributed by atoms with Crippen LogP contribution in [-0.4, -0.2) is 88.1 Å². The van der Waals surface area contributed by atoms with Crippen LogP contribution in [0.3, 0.4) is 0 Å². The molecule has 4 rings (SSSR count). The van der Waals surface area contributed by atoms with Crippen molar-refractivity contribution in [2.24, 2.45) is 0 Å². The lowest BCUT2D eigenvalue weighted by Crippen LogP contribution is -2.47. The average molecular weight is 815 g/mol. The summed E-state index contributed by atoms with van der Waals surface area (Å²) in [6.07, 6.45) is 9.14. The summed E-state index contributed by atoms with van der Waals surface area (Å²) >= 11 is 0. The fraction of sp³-hybridized carbons (Fsp3) is 0.548. The van der Waals surface area contributed by atoms with Crippen LogP contribution in [0, 0.1) is 5.82 Å². The number of para-hydroxylation sites is 1. The number of piperidine rings is 1. The molecule has 0 unspecified atom stereocenters. The average Bonchev–Trinajstić information content (AvgIpc) is 3.12. The number of benzene rings is 3. The van der Waals surface area contributed by atoms with Crippen molar-refractivity contribution in [3.05, 3.63) is 72.0 Å². The number of sulfonamides is 1. The van der Waals surface area contributed by atoms with Crippen molar-refractivity contribution >= 4 is 35.8 Å². The summed E-state index contributed by atoms with van der Waals surface area (Å²) in [6, 6.07) is 16.1. The van der Waals surface area contributed by atoms with Gasteiger partial charge in [0.15, 0.2) is 19.9 Å². The van der Waals surface area contributed by atoms with Gasteiger partial charge in [0, 0.05) is 31.2 Å². The lowest BCUT2D eigenvalue weighted by molar-refractivity contribution is 0.179. The Morgan fingerprint density at radius 1 is 0.946 bits per heavy atom. The molecule has 14 heteroatoms. The first kappa shape index (κ1) is 45.0. The number of phenolic OH excluding ortho intramolecular Hbond substituents is 2. The number of unbranched alkanes of at least 4 members (excludes halogenated alkanes) is 6. The van der Waals surface area contributed by atoms with E-state index in [2.05, 4.69) is 48.8 Å². The molecule has 1 saturated heterocycles. The van der Waals surface area contributed by atoms with Gasteiger partial charge in [0.2, 0.25) is 10.0 Å². The fourth-order valence-corrected chi connectivity index (χ4v) is 8.80. The Morgan fingerprint density at radius 2 is 1.57 bits per heavy atom. The van der Waals surface area contributed by atoms with E-state index in [9.17, 15) is 32.9 Å². The van der Waals surface area contributed by atoms with Crippen LogP contribution in [0.4, 0.5) is 20.6 Å². The molecule has 0 bridgehead atoms.